The summed E-state index contributed by atoms with van der Waals surface area (Å²) in [6.07, 6.45) is 3.23. The zero-order valence-electron chi connectivity index (χ0n) is 19.0. The van der Waals surface area contributed by atoms with Crippen LogP contribution >= 0.6 is 0 Å². The van der Waals surface area contributed by atoms with Crippen LogP contribution in [0.2, 0.25) is 0 Å². The van der Waals surface area contributed by atoms with Crippen molar-refractivity contribution in [3.63, 3.8) is 0 Å². The van der Waals surface area contributed by atoms with Gasteiger partial charge in [-0.05, 0) is 74.2 Å². The Labute approximate surface area is 194 Å². The lowest BCUT2D eigenvalue weighted by Gasteiger charge is -2.26. The summed E-state index contributed by atoms with van der Waals surface area (Å²) in [5, 5.41) is 2.79. The third-order valence-electron chi connectivity index (χ3n) is 5.51. The highest BCUT2D eigenvalue weighted by atomic mass is 32.2. The molecule has 1 saturated heterocycles. The highest BCUT2D eigenvalue weighted by molar-refractivity contribution is 7.89. The van der Waals surface area contributed by atoms with Crippen LogP contribution in [0.4, 0.5) is 5.69 Å². The Morgan fingerprint density at radius 3 is 2.36 bits per heavy atom. The minimum atomic E-state index is -3.57. The van der Waals surface area contributed by atoms with Gasteiger partial charge in [-0.25, -0.2) is 13.2 Å². The van der Waals surface area contributed by atoms with Crippen LogP contribution in [0.1, 0.15) is 48.5 Å². The van der Waals surface area contributed by atoms with E-state index >= 15 is 0 Å². The van der Waals surface area contributed by atoms with Crippen LogP contribution in [-0.2, 0) is 26.0 Å². The van der Waals surface area contributed by atoms with Crippen LogP contribution in [0.15, 0.2) is 47.4 Å². The summed E-state index contributed by atoms with van der Waals surface area (Å²) in [5.41, 5.74) is 1.62. The van der Waals surface area contributed by atoms with E-state index in [1.165, 1.54) is 11.4 Å². The van der Waals surface area contributed by atoms with Gasteiger partial charge in [-0.1, -0.05) is 6.42 Å². The lowest BCUT2D eigenvalue weighted by atomic mass is 10.1. The molecule has 8 nitrogen and oxygen atoms in total. The van der Waals surface area contributed by atoms with E-state index < -0.39 is 16.0 Å². The summed E-state index contributed by atoms with van der Waals surface area (Å²) in [7, 11) is -2.06. The molecule has 9 heteroatoms. The van der Waals surface area contributed by atoms with Gasteiger partial charge in [0, 0.05) is 25.2 Å². The fourth-order valence-electron chi connectivity index (χ4n) is 3.74. The molecule has 0 unspecified atom stereocenters. The van der Waals surface area contributed by atoms with Crippen molar-refractivity contribution >= 4 is 27.6 Å². The number of hydrogen-bond donors (Lipinski definition) is 1. The lowest BCUT2D eigenvalue weighted by Crippen LogP contribution is -2.35. The molecule has 0 atom stereocenters. The van der Waals surface area contributed by atoms with E-state index in [-0.39, 0.29) is 17.2 Å². The minimum absolute atomic E-state index is 0.142. The van der Waals surface area contributed by atoms with E-state index in [4.69, 9.17) is 9.47 Å². The van der Waals surface area contributed by atoms with Gasteiger partial charge in [0.1, 0.15) is 5.75 Å². The summed E-state index contributed by atoms with van der Waals surface area (Å²) in [6, 6.07) is 11.2. The standard InChI is InChI=1S/C24H30N2O6S/c1-3-32-24(28)18-7-10-20(11-8-18)25-23(27)14-9-19-17-21(12-13-22(19)31-2)33(29,30)26-15-5-4-6-16-26/h7-8,10-13,17H,3-6,9,14-16H2,1-2H3,(H,25,27). The third kappa shape index (κ3) is 6.33. The second kappa shape index (κ2) is 11.3. The minimum Gasteiger partial charge on any atom is -0.496 e. The summed E-state index contributed by atoms with van der Waals surface area (Å²) in [4.78, 5) is 24.4. The molecule has 2 aromatic rings. The number of ether oxygens (including phenoxy) is 2. The van der Waals surface area contributed by atoms with E-state index in [2.05, 4.69) is 5.32 Å². The van der Waals surface area contributed by atoms with E-state index in [0.717, 1.165) is 19.3 Å². The van der Waals surface area contributed by atoms with Gasteiger partial charge in [0.2, 0.25) is 15.9 Å². The summed E-state index contributed by atoms with van der Waals surface area (Å²) < 4.78 is 37.9. The van der Waals surface area contributed by atoms with Gasteiger partial charge in [0.05, 0.1) is 24.2 Å². The van der Waals surface area contributed by atoms with Crippen molar-refractivity contribution in [3.05, 3.63) is 53.6 Å². The van der Waals surface area contributed by atoms with Crippen molar-refractivity contribution in [2.45, 2.75) is 43.9 Å². The molecular formula is C24H30N2O6S. The number of amides is 1. The molecule has 1 heterocycles. The quantitative estimate of drug-likeness (QED) is 0.557. The van der Waals surface area contributed by atoms with Gasteiger partial charge >= 0.3 is 5.97 Å². The molecule has 0 saturated carbocycles. The summed E-state index contributed by atoms with van der Waals surface area (Å²) in [6.45, 7) is 3.09. The molecule has 0 bridgehead atoms. The Bertz CT molecular complexity index is 1080. The maximum absolute atomic E-state index is 13.0. The number of rotatable bonds is 9. The number of nitrogens with one attached hydrogen (secondary N) is 1. The van der Waals surface area contributed by atoms with Gasteiger partial charge in [-0.3, -0.25) is 4.79 Å². The Balaban J connectivity index is 1.65. The van der Waals surface area contributed by atoms with Crippen LogP contribution in [0, 0.1) is 0 Å². The molecule has 2 aromatic carbocycles. The Hall–Kier alpha value is -2.91. The maximum atomic E-state index is 13.0. The molecule has 0 radical (unpaired) electrons. The molecule has 1 fully saturated rings. The second-order valence-electron chi connectivity index (χ2n) is 7.78. The zero-order chi connectivity index (χ0) is 23.8. The molecule has 1 N–H and O–H groups in total. The highest BCUT2D eigenvalue weighted by Gasteiger charge is 2.26. The maximum Gasteiger partial charge on any atom is 0.338 e. The number of anilines is 1. The lowest BCUT2D eigenvalue weighted by molar-refractivity contribution is -0.116. The van der Waals surface area contributed by atoms with Gasteiger partial charge in [-0.2, -0.15) is 4.31 Å². The van der Waals surface area contributed by atoms with Gasteiger partial charge in [-0.15, -0.1) is 0 Å². The van der Waals surface area contributed by atoms with Gasteiger partial charge < -0.3 is 14.8 Å². The average molecular weight is 475 g/mol. The Morgan fingerprint density at radius 2 is 1.73 bits per heavy atom. The molecule has 0 aliphatic carbocycles. The van der Waals surface area contributed by atoms with Crippen LogP contribution < -0.4 is 10.1 Å². The molecule has 1 amide bonds. The summed E-state index contributed by atoms with van der Waals surface area (Å²) in [5.74, 6) is -0.105. The van der Waals surface area contributed by atoms with E-state index in [0.29, 0.717) is 48.7 Å². The predicted molar refractivity (Wildman–Crippen MR) is 125 cm³/mol. The van der Waals surface area contributed by atoms with E-state index in [1.807, 2.05) is 0 Å². The second-order valence-corrected chi connectivity index (χ2v) is 9.72. The van der Waals surface area contributed by atoms with Crippen molar-refractivity contribution in [3.8, 4) is 5.75 Å². The Kier molecular flexibility index (Phi) is 8.46. The fourth-order valence-corrected chi connectivity index (χ4v) is 5.31. The molecule has 0 aromatic heterocycles. The first-order chi connectivity index (χ1) is 15.8. The average Bonchev–Trinajstić information content (AvgIpc) is 2.83. The number of nitrogens with zero attached hydrogens (tertiary/aromatic N) is 1. The molecule has 33 heavy (non-hydrogen) atoms. The molecule has 3 rings (SSSR count). The number of carbonyl (C=O) groups is 2. The number of piperidine rings is 1. The molecule has 1 aliphatic heterocycles. The first-order valence-electron chi connectivity index (χ1n) is 11.1. The van der Waals surface area contributed by atoms with E-state index in [1.54, 1.807) is 49.4 Å². The van der Waals surface area contributed by atoms with Crippen LogP contribution in [0.5, 0.6) is 5.75 Å². The molecule has 0 spiro atoms. The SMILES string of the molecule is CCOC(=O)c1ccc(NC(=O)CCc2cc(S(=O)(=O)N3CCCCC3)ccc2OC)cc1. The van der Waals surface area contributed by atoms with Gasteiger partial charge in [0.25, 0.3) is 0 Å². The zero-order valence-corrected chi connectivity index (χ0v) is 19.8. The van der Waals surface area contributed by atoms with E-state index in [9.17, 15) is 18.0 Å². The van der Waals surface area contributed by atoms with Crippen LogP contribution in [-0.4, -0.2) is 51.4 Å². The number of hydrogen-bond acceptors (Lipinski definition) is 6. The van der Waals surface area contributed by atoms with Gasteiger partial charge in [0.15, 0.2) is 0 Å². The summed E-state index contributed by atoms with van der Waals surface area (Å²) >= 11 is 0. The van der Waals surface area contributed by atoms with Crippen molar-refractivity contribution < 1.29 is 27.5 Å². The van der Waals surface area contributed by atoms with Crippen molar-refractivity contribution in [2.24, 2.45) is 0 Å². The normalized spacial score (nSPS) is 14.5. The van der Waals surface area contributed by atoms with Crippen molar-refractivity contribution in [2.75, 3.05) is 32.1 Å². The monoisotopic (exact) mass is 474 g/mol. The number of methoxy groups -OCH3 is 1. The molecule has 178 valence electrons. The Morgan fingerprint density at radius 1 is 1.03 bits per heavy atom. The number of carbonyl (C=O) groups excluding carboxylic acids is 2. The predicted octanol–water partition coefficient (Wildman–Crippen LogP) is 3.62. The molecular weight excluding hydrogens is 444 g/mol. The topological polar surface area (TPSA) is 102 Å². The number of benzene rings is 2. The van der Waals surface area contributed by atoms with Crippen LogP contribution in [0.25, 0.3) is 0 Å². The number of aryl methyl sites for hydroxylation is 1. The third-order valence-corrected chi connectivity index (χ3v) is 7.40. The first-order valence-corrected chi connectivity index (χ1v) is 12.5. The largest absolute Gasteiger partial charge is 0.496 e. The number of esters is 1. The molecule has 1 aliphatic rings. The number of sulfonamides is 1. The van der Waals surface area contributed by atoms with Crippen LogP contribution in [0.3, 0.4) is 0 Å². The van der Waals surface area contributed by atoms with Crippen molar-refractivity contribution in [1.29, 1.82) is 0 Å². The van der Waals surface area contributed by atoms with Crippen molar-refractivity contribution in [1.82, 2.24) is 4.31 Å². The fraction of sp³-hybridized carbons (Fsp3) is 0.417. The first kappa shape index (κ1) is 24.7. The highest BCUT2D eigenvalue weighted by Crippen LogP contribution is 2.27. The smallest absolute Gasteiger partial charge is 0.338 e.